The minimum Gasteiger partial charge on any atom is -0.508 e. The van der Waals surface area contributed by atoms with Gasteiger partial charge in [-0.15, -0.1) is 0 Å². The summed E-state index contributed by atoms with van der Waals surface area (Å²) in [4.78, 5) is 24.0. The van der Waals surface area contributed by atoms with E-state index in [4.69, 9.17) is 9.47 Å². The van der Waals surface area contributed by atoms with Gasteiger partial charge in [0, 0.05) is 12.8 Å². The van der Waals surface area contributed by atoms with Gasteiger partial charge in [-0.25, -0.2) is 0 Å². The number of carbonyl (C=O) groups is 2. The van der Waals surface area contributed by atoms with E-state index in [0.29, 0.717) is 24.3 Å². The van der Waals surface area contributed by atoms with Crippen molar-refractivity contribution in [3.05, 3.63) is 84.4 Å². The van der Waals surface area contributed by atoms with Crippen LogP contribution in [0.3, 0.4) is 0 Å². The predicted octanol–water partition coefficient (Wildman–Crippen LogP) is 16.0. The largest absolute Gasteiger partial charge is 0.508 e. The highest BCUT2D eigenvalue weighted by Crippen LogP contribution is 2.25. The maximum absolute atomic E-state index is 12.0. The number of hydrogen-bond donors (Lipinski definition) is 2. The molecule has 60 heavy (non-hydrogen) atoms. The van der Waals surface area contributed by atoms with Crippen molar-refractivity contribution in [2.45, 2.75) is 212 Å². The Labute approximate surface area is 365 Å². The Morgan fingerprint density at radius 2 is 0.667 bits per heavy atom. The zero-order chi connectivity index (χ0) is 42.6. The fourth-order valence-corrected chi connectivity index (χ4v) is 8.31. The predicted molar refractivity (Wildman–Crippen MR) is 249 cm³/mol. The molecule has 0 saturated heterocycles. The number of aryl methyl sites for hydroxylation is 1. The highest BCUT2D eigenvalue weighted by molar-refractivity contribution is 5.72. The van der Waals surface area contributed by atoms with Crippen molar-refractivity contribution >= 4 is 11.9 Å². The second-order valence-corrected chi connectivity index (χ2v) is 17.4. The van der Waals surface area contributed by atoms with Crippen LogP contribution < -0.4 is 9.47 Å². The lowest BCUT2D eigenvalue weighted by molar-refractivity contribution is -0.135. The van der Waals surface area contributed by atoms with Gasteiger partial charge in [0.15, 0.2) is 0 Å². The van der Waals surface area contributed by atoms with Crippen LogP contribution in [-0.4, -0.2) is 22.2 Å². The molecule has 0 heterocycles. The molecule has 0 aromatic heterocycles. The molecule has 0 radical (unpaired) electrons. The van der Waals surface area contributed by atoms with E-state index in [9.17, 15) is 19.8 Å². The molecule has 0 aliphatic heterocycles. The minimum absolute atomic E-state index is 0.173. The summed E-state index contributed by atoms with van der Waals surface area (Å²) in [5, 5.41) is 18.7. The summed E-state index contributed by atoms with van der Waals surface area (Å²) in [6, 6.07) is 23.7. The first-order chi connectivity index (χ1) is 29.5. The van der Waals surface area contributed by atoms with Crippen LogP contribution in [-0.2, 0) is 16.0 Å². The smallest absolute Gasteiger partial charge is 0.311 e. The average molecular weight is 827 g/mol. The molecule has 0 spiro atoms. The zero-order valence-electron chi connectivity index (χ0n) is 37.4. The lowest BCUT2D eigenvalue weighted by Gasteiger charge is -2.17. The SMILES string of the molecule is O=C(CCCCCCCCCCCCCCCCCCCC(CCCCCCCCCCCCC(=O)Oc1ccc(O)cc1)CCc1ccccc1)Oc1ccc(O)cc1. The Bertz CT molecular complexity index is 1450. The van der Waals surface area contributed by atoms with Crippen molar-refractivity contribution in [1.82, 2.24) is 0 Å². The number of carbonyl (C=O) groups excluding carboxylic acids is 2. The zero-order valence-corrected chi connectivity index (χ0v) is 37.4. The Balaban J connectivity index is 1.07. The van der Waals surface area contributed by atoms with Crippen molar-refractivity contribution in [3.63, 3.8) is 0 Å². The molecule has 0 amide bonds. The number of phenols is 2. The molecule has 6 nitrogen and oxygen atoms in total. The molecule has 0 aliphatic rings. The Hall–Kier alpha value is -3.80. The van der Waals surface area contributed by atoms with Gasteiger partial charge in [0.05, 0.1) is 0 Å². The first-order valence-electron chi connectivity index (χ1n) is 24.5. The molecule has 3 aromatic carbocycles. The number of phenolic OH excluding ortho intramolecular Hbond substituents is 2. The molecule has 0 aliphatic carbocycles. The molecule has 334 valence electrons. The van der Waals surface area contributed by atoms with Crippen LogP contribution in [0, 0.1) is 5.92 Å². The molecular formula is C54H82O6. The number of ether oxygens (including phenoxy) is 2. The Morgan fingerprint density at radius 1 is 0.367 bits per heavy atom. The Morgan fingerprint density at radius 3 is 1.00 bits per heavy atom. The van der Waals surface area contributed by atoms with E-state index in [1.807, 2.05) is 0 Å². The van der Waals surface area contributed by atoms with Gasteiger partial charge in [-0.2, -0.15) is 0 Å². The Kier molecular flexibility index (Phi) is 29.4. The third-order valence-electron chi connectivity index (χ3n) is 12.1. The van der Waals surface area contributed by atoms with E-state index in [1.54, 1.807) is 24.3 Å². The summed E-state index contributed by atoms with van der Waals surface area (Å²) >= 11 is 0. The van der Waals surface area contributed by atoms with Gasteiger partial charge in [0.2, 0.25) is 0 Å². The number of aromatic hydroxyl groups is 2. The van der Waals surface area contributed by atoms with Crippen LogP contribution in [0.25, 0.3) is 0 Å². The van der Waals surface area contributed by atoms with E-state index < -0.39 is 0 Å². The molecule has 3 rings (SSSR count). The van der Waals surface area contributed by atoms with Crippen molar-refractivity contribution in [3.8, 4) is 23.0 Å². The van der Waals surface area contributed by atoms with E-state index in [0.717, 1.165) is 31.6 Å². The van der Waals surface area contributed by atoms with Gasteiger partial charge >= 0.3 is 11.9 Å². The second-order valence-electron chi connectivity index (χ2n) is 17.4. The first kappa shape index (κ1) is 50.6. The lowest BCUT2D eigenvalue weighted by atomic mass is 9.89. The molecular weight excluding hydrogens is 745 g/mol. The standard InChI is InChI=1S/C54H82O6/c55-49-39-43-51(44-40-49)59-53(57)35-29-22-18-14-9-7-5-3-1-2-4-6-8-12-16-20-25-31-47(37-38-48-33-27-24-28-34-48)32-26-21-17-13-10-11-15-19-23-30-36-54(58)60-52-45-41-50(56)42-46-52/h24,27-28,33-34,39-47,55-56H,1-23,25-26,29-32,35-38H2. The van der Waals surface area contributed by atoms with Crippen LogP contribution in [0.5, 0.6) is 23.0 Å². The topological polar surface area (TPSA) is 93.1 Å². The summed E-state index contributed by atoms with van der Waals surface area (Å²) in [6.45, 7) is 0. The van der Waals surface area contributed by atoms with Gasteiger partial charge in [0.1, 0.15) is 23.0 Å². The van der Waals surface area contributed by atoms with Gasteiger partial charge < -0.3 is 19.7 Å². The van der Waals surface area contributed by atoms with Crippen LogP contribution in [0.4, 0.5) is 0 Å². The fraction of sp³-hybridized carbons (Fsp3) is 0.630. The summed E-state index contributed by atoms with van der Waals surface area (Å²) in [6.07, 6.45) is 41.2. The minimum atomic E-state index is -0.191. The molecule has 3 aromatic rings. The summed E-state index contributed by atoms with van der Waals surface area (Å²) in [5.74, 6) is 1.82. The van der Waals surface area contributed by atoms with Crippen molar-refractivity contribution < 1.29 is 29.3 Å². The highest BCUT2D eigenvalue weighted by Gasteiger charge is 2.10. The third-order valence-corrected chi connectivity index (χ3v) is 12.1. The second kappa shape index (κ2) is 34.9. The van der Waals surface area contributed by atoms with E-state index in [-0.39, 0.29) is 23.4 Å². The fourth-order valence-electron chi connectivity index (χ4n) is 8.31. The average Bonchev–Trinajstić information content (AvgIpc) is 3.25. The maximum atomic E-state index is 12.0. The van der Waals surface area contributed by atoms with Crippen LogP contribution in [0.15, 0.2) is 78.9 Å². The molecule has 2 N–H and O–H groups in total. The van der Waals surface area contributed by atoms with E-state index in [2.05, 4.69) is 30.3 Å². The normalized spacial score (nSPS) is 11.7. The number of hydrogen-bond acceptors (Lipinski definition) is 6. The number of benzene rings is 3. The van der Waals surface area contributed by atoms with Gasteiger partial charge in [-0.1, -0.05) is 204 Å². The third kappa shape index (κ3) is 27.9. The molecule has 1 unspecified atom stereocenters. The number of rotatable bonds is 38. The van der Waals surface area contributed by atoms with Crippen molar-refractivity contribution in [2.24, 2.45) is 5.92 Å². The number of esters is 2. The highest BCUT2D eigenvalue weighted by atomic mass is 16.5. The molecule has 1 atom stereocenters. The maximum Gasteiger partial charge on any atom is 0.311 e. The van der Waals surface area contributed by atoms with E-state index >= 15 is 0 Å². The van der Waals surface area contributed by atoms with Crippen LogP contribution >= 0.6 is 0 Å². The first-order valence-corrected chi connectivity index (χ1v) is 24.5. The van der Waals surface area contributed by atoms with Crippen molar-refractivity contribution in [1.29, 1.82) is 0 Å². The van der Waals surface area contributed by atoms with Crippen LogP contribution in [0.2, 0.25) is 0 Å². The van der Waals surface area contributed by atoms with Gasteiger partial charge in [-0.3, -0.25) is 9.59 Å². The number of unbranched alkanes of at least 4 members (excludes halogenated alkanes) is 25. The molecule has 6 heteroatoms. The molecule has 0 bridgehead atoms. The van der Waals surface area contributed by atoms with Gasteiger partial charge in [-0.05, 0) is 85.7 Å². The van der Waals surface area contributed by atoms with Gasteiger partial charge in [0.25, 0.3) is 0 Å². The summed E-state index contributed by atoms with van der Waals surface area (Å²) in [7, 11) is 0. The quantitative estimate of drug-likeness (QED) is 0.0339. The summed E-state index contributed by atoms with van der Waals surface area (Å²) < 4.78 is 10.6. The van der Waals surface area contributed by atoms with E-state index in [1.165, 1.54) is 203 Å². The lowest BCUT2D eigenvalue weighted by Crippen LogP contribution is -2.07. The van der Waals surface area contributed by atoms with Crippen molar-refractivity contribution in [2.75, 3.05) is 0 Å². The molecule has 0 fully saturated rings. The summed E-state index contributed by atoms with van der Waals surface area (Å²) in [5.41, 5.74) is 1.49. The van der Waals surface area contributed by atoms with Crippen LogP contribution in [0.1, 0.15) is 211 Å². The monoisotopic (exact) mass is 827 g/mol. The molecule has 0 saturated carbocycles.